The Hall–Kier alpha value is -3.47. The van der Waals surface area contributed by atoms with Gasteiger partial charge in [0.15, 0.2) is 0 Å². The van der Waals surface area contributed by atoms with Crippen molar-refractivity contribution in [1.82, 2.24) is 4.98 Å². The highest BCUT2D eigenvalue weighted by molar-refractivity contribution is 6.31. The molecule has 4 rings (SSSR count). The van der Waals surface area contributed by atoms with E-state index < -0.39 is 12.1 Å². The summed E-state index contributed by atoms with van der Waals surface area (Å²) >= 11 is 6.07. The number of aliphatic hydroxyl groups excluding tert-OH is 1. The molecule has 3 aromatic carbocycles. The molecule has 0 unspecified atom stereocenters. The summed E-state index contributed by atoms with van der Waals surface area (Å²) in [5.41, 5.74) is 4.39. The standard InChI is InChI=1S/C27H22ClNO3/c28-22-12-9-20-10-14-23(29-25(20)17-22)13-8-18-4-3-6-21(16-18)26(30)15-11-19-5-1-2-7-24(19)27(31)32/h1-10,12-14,16-17,26,30H,11,15H2,(H,31,32)/b13-8+/t26-/m1/s1. The van der Waals surface area contributed by atoms with Gasteiger partial charge in [0.1, 0.15) is 0 Å². The number of nitrogens with zero attached hydrogens (tertiary/aromatic N) is 1. The number of fused-ring (bicyclic) bond motifs is 1. The Morgan fingerprint density at radius 2 is 1.78 bits per heavy atom. The number of rotatable bonds is 7. The van der Waals surface area contributed by atoms with Crippen LogP contribution in [0.25, 0.3) is 23.1 Å². The lowest BCUT2D eigenvalue weighted by atomic mass is 9.97. The molecular weight excluding hydrogens is 422 g/mol. The van der Waals surface area contributed by atoms with Gasteiger partial charge in [-0.2, -0.15) is 0 Å². The van der Waals surface area contributed by atoms with Gasteiger partial charge in [0.2, 0.25) is 0 Å². The number of hydrogen-bond donors (Lipinski definition) is 2. The Morgan fingerprint density at radius 3 is 2.62 bits per heavy atom. The zero-order valence-electron chi connectivity index (χ0n) is 17.3. The quantitative estimate of drug-likeness (QED) is 0.345. The normalized spacial score (nSPS) is 12.3. The predicted octanol–water partition coefficient (Wildman–Crippen LogP) is 6.42. The highest BCUT2D eigenvalue weighted by atomic mass is 35.5. The van der Waals surface area contributed by atoms with Crippen molar-refractivity contribution in [3.63, 3.8) is 0 Å². The molecule has 0 spiro atoms. The Morgan fingerprint density at radius 1 is 0.969 bits per heavy atom. The third kappa shape index (κ3) is 5.22. The Labute approximate surface area is 191 Å². The Kier molecular flexibility index (Phi) is 6.64. The maximum Gasteiger partial charge on any atom is 0.335 e. The molecule has 4 nitrogen and oxygen atoms in total. The van der Waals surface area contributed by atoms with E-state index in [4.69, 9.17) is 11.6 Å². The van der Waals surface area contributed by atoms with Crippen LogP contribution in [0.5, 0.6) is 0 Å². The first-order valence-electron chi connectivity index (χ1n) is 10.3. The van der Waals surface area contributed by atoms with E-state index in [1.165, 1.54) is 0 Å². The second-order valence-electron chi connectivity index (χ2n) is 7.59. The molecule has 0 amide bonds. The van der Waals surface area contributed by atoms with Gasteiger partial charge in [-0.05, 0) is 65.9 Å². The molecule has 1 aromatic heterocycles. The van der Waals surface area contributed by atoms with Gasteiger partial charge in [-0.1, -0.05) is 66.2 Å². The van der Waals surface area contributed by atoms with E-state index in [0.717, 1.165) is 33.3 Å². The van der Waals surface area contributed by atoms with E-state index in [2.05, 4.69) is 4.98 Å². The van der Waals surface area contributed by atoms with Crippen LogP contribution < -0.4 is 0 Å². The summed E-state index contributed by atoms with van der Waals surface area (Å²) < 4.78 is 0. The van der Waals surface area contributed by atoms with Crippen LogP contribution in [0.4, 0.5) is 0 Å². The maximum absolute atomic E-state index is 11.4. The van der Waals surface area contributed by atoms with Crippen LogP contribution in [0.1, 0.15) is 45.3 Å². The second kappa shape index (κ2) is 9.77. The summed E-state index contributed by atoms with van der Waals surface area (Å²) in [5.74, 6) is -0.952. The van der Waals surface area contributed by atoms with E-state index in [-0.39, 0.29) is 5.56 Å². The second-order valence-corrected chi connectivity index (χ2v) is 8.03. The highest BCUT2D eigenvalue weighted by Gasteiger charge is 2.12. The number of hydrogen-bond acceptors (Lipinski definition) is 3. The van der Waals surface area contributed by atoms with Crippen LogP contribution in [0.15, 0.2) is 78.9 Å². The first kappa shape index (κ1) is 21.8. The molecule has 4 aromatic rings. The van der Waals surface area contributed by atoms with Gasteiger partial charge in [0.05, 0.1) is 22.9 Å². The fourth-order valence-corrected chi connectivity index (χ4v) is 3.82. The molecule has 1 atom stereocenters. The van der Waals surface area contributed by atoms with E-state index in [1.54, 1.807) is 18.2 Å². The monoisotopic (exact) mass is 443 g/mol. The molecule has 32 heavy (non-hydrogen) atoms. The Bertz CT molecular complexity index is 1300. The van der Waals surface area contributed by atoms with Crippen molar-refractivity contribution in [2.45, 2.75) is 18.9 Å². The summed E-state index contributed by atoms with van der Waals surface area (Å²) in [5, 5.41) is 21.7. The van der Waals surface area contributed by atoms with E-state index in [0.29, 0.717) is 17.9 Å². The van der Waals surface area contributed by atoms with Crippen molar-refractivity contribution in [1.29, 1.82) is 0 Å². The molecule has 1 heterocycles. The number of benzene rings is 3. The van der Waals surface area contributed by atoms with Gasteiger partial charge < -0.3 is 10.2 Å². The molecule has 160 valence electrons. The first-order chi connectivity index (χ1) is 15.5. The average Bonchev–Trinajstić information content (AvgIpc) is 2.81. The van der Waals surface area contributed by atoms with Crippen molar-refractivity contribution in [2.75, 3.05) is 0 Å². The number of pyridine rings is 1. The number of aromatic carboxylic acids is 1. The van der Waals surface area contributed by atoms with Gasteiger partial charge in [0.25, 0.3) is 0 Å². The molecular formula is C27H22ClNO3. The molecule has 0 aliphatic rings. The lowest BCUT2D eigenvalue weighted by Gasteiger charge is -2.13. The highest BCUT2D eigenvalue weighted by Crippen LogP contribution is 2.23. The van der Waals surface area contributed by atoms with Crippen LogP contribution in [-0.2, 0) is 6.42 Å². The summed E-state index contributed by atoms with van der Waals surface area (Å²) in [6, 6.07) is 24.2. The lowest BCUT2D eigenvalue weighted by Crippen LogP contribution is -2.05. The van der Waals surface area contributed by atoms with Crippen LogP contribution in [-0.4, -0.2) is 21.2 Å². The van der Waals surface area contributed by atoms with E-state index in [9.17, 15) is 15.0 Å². The van der Waals surface area contributed by atoms with Crippen molar-refractivity contribution >= 4 is 40.6 Å². The number of aliphatic hydroxyl groups is 1. The van der Waals surface area contributed by atoms with Crippen LogP contribution in [0, 0.1) is 0 Å². The zero-order chi connectivity index (χ0) is 22.5. The minimum atomic E-state index is -0.952. The molecule has 0 aliphatic heterocycles. The molecule has 0 radical (unpaired) electrons. The maximum atomic E-state index is 11.4. The van der Waals surface area contributed by atoms with Gasteiger partial charge >= 0.3 is 5.97 Å². The molecule has 2 N–H and O–H groups in total. The zero-order valence-corrected chi connectivity index (χ0v) is 18.0. The van der Waals surface area contributed by atoms with Gasteiger partial charge in [-0.15, -0.1) is 0 Å². The molecule has 5 heteroatoms. The van der Waals surface area contributed by atoms with Crippen molar-refractivity contribution in [3.8, 4) is 0 Å². The first-order valence-corrected chi connectivity index (χ1v) is 10.7. The molecule has 0 fully saturated rings. The average molecular weight is 444 g/mol. The fourth-order valence-electron chi connectivity index (χ4n) is 3.66. The number of carbonyl (C=O) groups is 1. The van der Waals surface area contributed by atoms with Gasteiger partial charge in [-0.3, -0.25) is 0 Å². The summed E-state index contributed by atoms with van der Waals surface area (Å²) in [4.78, 5) is 16.0. The van der Waals surface area contributed by atoms with Crippen LogP contribution in [0.3, 0.4) is 0 Å². The number of carboxylic acid groups (broad SMARTS) is 1. The minimum absolute atomic E-state index is 0.278. The third-order valence-electron chi connectivity index (χ3n) is 5.35. The van der Waals surface area contributed by atoms with E-state index in [1.807, 2.05) is 72.8 Å². The number of halogens is 1. The fraction of sp³-hybridized carbons (Fsp3) is 0.111. The van der Waals surface area contributed by atoms with Crippen LogP contribution >= 0.6 is 11.6 Å². The predicted molar refractivity (Wildman–Crippen MR) is 129 cm³/mol. The minimum Gasteiger partial charge on any atom is -0.478 e. The lowest BCUT2D eigenvalue weighted by molar-refractivity contribution is 0.0695. The van der Waals surface area contributed by atoms with Crippen molar-refractivity contribution < 1.29 is 15.0 Å². The SMILES string of the molecule is O=C(O)c1ccccc1CC[C@@H](O)c1cccc(/C=C/c2ccc3ccc(Cl)cc3n2)c1. The summed E-state index contributed by atoms with van der Waals surface area (Å²) in [6.45, 7) is 0. The topological polar surface area (TPSA) is 70.4 Å². The molecule has 0 saturated carbocycles. The van der Waals surface area contributed by atoms with Crippen LogP contribution in [0.2, 0.25) is 5.02 Å². The number of carboxylic acids is 1. The van der Waals surface area contributed by atoms with Crippen molar-refractivity contribution in [3.05, 3.63) is 112 Å². The Balaban J connectivity index is 1.47. The summed E-state index contributed by atoms with van der Waals surface area (Å²) in [7, 11) is 0. The summed E-state index contributed by atoms with van der Waals surface area (Å²) in [6.07, 6.45) is 4.10. The van der Waals surface area contributed by atoms with Crippen molar-refractivity contribution in [2.24, 2.45) is 0 Å². The van der Waals surface area contributed by atoms with E-state index >= 15 is 0 Å². The third-order valence-corrected chi connectivity index (χ3v) is 5.59. The number of aromatic nitrogens is 1. The van der Waals surface area contributed by atoms with Gasteiger partial charge in [-0.25, -0.2) is 9.78 Å². The molecule has 0 aliphatic carbocycles. The largest absolute Gasteiger partial charge is 0.478 e. The molecule has 0 saturated heterocycles. The number of aryl methyl sites for hydroxylation is 1. The van der Waals surface area contributed by atoms with Gasteiger partial charge in [0, 0.05) is 10.4 Å². The molecule has 0 bridgehead atoms. The smallest absolute Gasteiger partial charge is 0.335 e.